The van der Waals surface area contributed by atoms with Gasteiger partial charge in [-0.25, -0.2) is 0 Å². The minimum Gasteiger partial charge on any atom is -0.376 e. The van der Waals surface area contributed by atoms with Crippen molar-refractivity contribution in [3.8, 4) is 12.3 Å². The Bertz CT molecular complexity index is 181. The lowest BCUT2D eigenvalue weighted by Gasteiger charge is -2.23. The summed E-state index contributed by atoms with van der Waals surface area (Å²) in [7, 11) is 0. The molecule has 13 heavy (non-hydrogen) atoms. The van der Waals surface area contributed by atoms with Gasteiger partial charge in [-0.15, -0.1) is 6.42 Å². The van der Waals surface area contributed by atoms with Crippen molar-refractivity contribution in [2.45, 2.75) is 38.8 Å². The number of hydrogen-bond acceptors (Lipinski definition) is 2. The second-order valence-electron chi connectivity index (χ2n) is 3.46. The maximum atomic E-state index is 5.67. The maximum absolute atomic E-state index is 5.67. The van der Waals surface area contributed by atoms with Crippen LogP contribution in [0.4, 0.5) is 0 Å². The third-order valence-corrected chi connectivity index (χ3v) is 2.38. The molecule has 2 unspecified atom stereocenters. The van der Waals surface area contributed by atoms with Gasteiger partial charge in [0, 0.05) is 6.61 Å². The number of rotatable bonds is 6. The molecule has 0 radical (unpaired) electrons. The number of terminal acetylenes is 1. The van der Waals surface area contributed by atoms with Crippen LogP contribution in [0.25, 0.3) is 0 Å². The molecule has 0 aromatic rings. The van der Waals surface area contributed by atoms with E-state index in [2.05, 4.69) is 18.2 Å². The van der Waals surface area contributed by atoms with Gasteiger partial charge in [0.05, 0.1) is 12.1 Å². The van der Waals surface area contributed by atoms with Gasteiger partial charge < -0.3 is 10.1 Å². The molecule has 74 valence electrons. The monoisotopic (exact) mass is 181 g/mol. The minimum absolute atomic E-state index is 0.0949. The van der Waals surface area contributed by atoms with Crippen LogP contribution < -0.4 is 5.32 Å². The van der Waals surface area contributed by atoms with E-state index in [0.29, 0.717) is 5.92 Å². The zero-order valence-electron chi connectivity index (χ0n) is 8.55. The molecule has 2 atom stereocenters. The standard InChI is InChI=1S/C11H19NO/c1-4-10(12-5-2)11(13-6-3)9-7-8-9/h1,9-12H,5-8H2,2-3H3. The van der Waals surface area contributed by atoms with Gasteiger partial charge in [0.1, 0.15) is 0 Å². The highest BCUT2D eigenvalue weighted by atomic mass is 16.5. The normalized spacial score (nSPS) is 20.7. The quantitative estimate of drug-likeness (QED) is 0.626. The van der Waals surface area contributed by atoms with Crippen LogP contribution in [-0.4, -0.2) is 25.3 Å². The first-order valence-corrected chi connectivity index (χ1v) is 5.14. The van der Waals surface area contributed by atoms with Crippen LogP contribution in [0.1, 0.15) is 26.7 Å². The lowest BCUT2D eigenvalue weighted by molar-refractivity contribution is 0.0330. The highest BCUT2D eigenvalue weighted by Crippen LogP contribution is 2.35. The van der Waals surface area contributed by atoms with Crippen molar-refractivity contribution in [3.63, 3.8) is 0 Å². The first-order valence-electron chi connectivity index (χ1n) is 5.14. The minimum atomic E-state index is 0.0949. The topological polar surface area (TPSA) is 21.3 Å². The molecule has 2 nitrogen and oxygen atoms in total. The van der Waals surface area contributed by atoms with Crippen LogP contribution in [0.15, 0.2) is 0 Å². The molecular weight excluding hydrogens is 162 g/mol. The molecule has 0 amide bonds. The van der Waals surface area contributed by atoms with Crippen molar-refractivity contribution in [3.05, 3.63) is 0 Å². The molecule has 0 spiro atoms. The van der Waals surface area contributed by atoms with Crippen LogP contribution in [0, 0.1) is 18.3 Å². The zero-order chi connectivity index (χ0) is 9.68. The molecule has 1 rings (SSSR count). The molecule has 1 N–H and O–H groups in total. The fraction of sp³-hybridized carbons (Fsp3) is 0.818. The van der Waals surface area contributed by atoms with Crippen LogP contribution in [0.3, 0.4) is 0 Å². The Hall–Kier alpha value is -0.520. The molecule has 2 heteroatoms. The first-order chi connectivity index (χ1) is 6.33. The third kappa shape index (κ3) is 3.02. The second kappa shape index (κ2) is 5.26. The van der Waals surface area contributed by atoms with E-state index in [1.165, 1.54) is 12.8 Å². The Labute approximate surface area is 81.0 Å². The van der Waals surface area contributed by atoms with Gasteiger partial charge in [0.25, 0.3) is 0 Å². The van der Waals surface area contributed by atoms with Gasteiger partial charge in [-0.3, -0.25) is 0 Å². The summed E-state index contributed by atoms with van der Waals surface area (Å²) < 4.78 is 5.67. The Kier molecular flexibility index (Phi) is 4.27. The van der Waals surface area contributed by atoms with Gasteiger partial charge in [0.15, 0.2) is 0 Å². The highest BCUT2D eigenvalue weighted by molar-refractivity contribution is 5.06. The summed E-state index contributed by atoms with van der Waals surface area (Å²) in [5, 5.41) is 3.28. The van der Waals surface area contributed by atoms with Crippen molar-refractivity contribution in [1.82, 2.24) is 5.32 Å². The van der Waals surface area contributed by atoms with Crippen LogP contribution in [0.2, 0.25) is 0 Å². The first kappa shape index (κ1) is 10.6. The lowest BCUT2D eigenvalue weighted by atomic mass is 10.1. The fourth-order valence-electron chi connectivity index (χ4n) is 1.61. The molecule has 0 saturated heterocycles. The van der Waals surface area contributed by atoms with Crippen LogP contribution in [-0.2, 0) is 4.74 Å². The molecule has 0 aromatic heterocycles. The summed E-state index contributed by atoms with van der Waals surface area (Å²) in [6.07, 6.45) is 8.24. The van der Waals surface area contributed by atoms with E-state index in [1.54, 1.807) is 0 Å². The Morgan fingerprint density at radius 2 is 2.23 bits per heavy atom. The number of hydrogen-bond donors (Lipinski definition) is 1. The molecule has 1 aliphatic rings. The Balaban J connectivity index is 2.45. The Morgan fingerprint density at radius 1 is 1.54 bits per heavy atom. The zero-order valence-corrected chi connectivity index (χ0v) is 8.55. The SMILES string of the molecule is C#CC(NCC)C(OCC)C1CC1. The van der Waals surface area contributed by atoms with Gasteiger partial charge in [0.2, 0.25) is 0 Å². The van der Waals surface area contributed by atoms with Gasteiger partial charge in [-0.05, 0) is 32.2 Å². The average molecular weight is 181 g/mol. The van der Waals surface area contributed by atoms with E-state index in [1.807, 2.05) is 6.92 Å². The highest BCUT2D eigenvalue weighted by Gasteiger charge is 2.36. The number of likely N-dealkylation sites (N-methyl/N-ethyl adjacent to an activating group) is 1. The van der Waals surface area contributed by atoms with Gasteiger partial charge >= 0.3 is 0 Å². The lowest BCUT2D eigenvalue weighted by Crippen LogP contribution is -2.41. The van der Waals surface area contributed by atoms with Crippen molar-refractivity contribution < 1.29 is 4.74 Å². The van der Waals surface area contributed by atoms with E-state index in [9.17, 15) is 0 Å². The van der Waals surface area contributed by atoms with Crippen molar-refractivity contribution in [2.24, 2.45) is 5.92 Å². The number of nitrogens with one attached hydrogen (secondary N) is 1. The van der Waals surface area contributed by atoms with Gasteiger partial charge in [-0.2, -0.15) is 0 Å². The maximum Gasteiger partial charge on any atom is 0.0955 e. The van der Waals surface area contributed by atoms with E-state index >= 15 is 0 Å². The van der Waals surface area contributed by atoms with Gasteiger partial charge in [-0.1, -0.05) is 12.8 Å². The Morgan fingerprint density at radius 3 is 2.62 bits per heavy atom. The summed E-state index contributed by atoms with van der Waals surface area (Å²) in [4.78, 5) is 0. The van der Waals surface area contributed by atoms with Crippen molar-refractivity contribution in [1.29, 1.82) is 0 Å². The van der Waals surface area contributed by atoms with E-state index in [-0.39, 0.29) is 12.1 Å². The third-order valence-electron chi connectivity index (χ3n) is 2.38. The van der Waals surface area contributed by atoms with Crippen LogP contribution in [0.5, 0.6) is 0 Å². The summed E-state index contributed by atoms with van der Waals surface area (Å²) in [6, 6.07) is 0.0949. The predicted octanol–water partition coefficient (Wildman–Crippen LogP) is 1.41. The van der Waals surface area contributed by atoms with E-state index < -0.39 is 0 Å². The second-order valence-corrected chi connectivity index (χ2v) is 3.46. The summed E-state index contributed by atoms with van der Waals surface area (Å²) in [5.74, 6) is 3.47. The fourth-order valence-corrected chi connectivity index (χ4v) is 1.61. The smallest absolute Gasteiger partial charge is 0.0955 e. The average Bonchev–Trinajstić information content (AvgIpc) is 2.94. The molecule has 1 fully saturated rings. The summed E-state index contributed by atoms with van der Waals surface area (Å²) in [6.45, 7) is 5.76. The van der Waals surface area contributed by atoms with E-state index in [0.717, 1.165) is 13.2 Å². The summed E-state index contributed by atoms with van der Waals surface area (Å²) >= 11 is 0. The molecule has 0 aromatic carbocycles. The predicted molar refractivity (Wildman–Crippen MR) is 54.4 cm³/mol. The largest absolute Gasteiger partial charge is 0.376 e. The molecular formula is C11H19NO. The molecule has 0 bridgehead atoms. The molecule has 0 heterocycles. The summed E-state index contributed by atoms with van der Waals surface area (Å²) in [5.41, 5.74) is 0. The van der Waals surface area contributed by atoms with E-state index in [4.69, 9.17) is 11.2 Å². The molecule has 1 aliphatic carbocycles. The molecule has 1 saturated carbocycles. The number of ether oxygens (including phenoxy) is 1. The molecule has 0 aliphatic heterocycles. The van der Waals surface area contributed by atoms with Crippen LogP contribution >= 0.6 is 0 Å². The van der Waals surface area contributed by atoms with Crippen molar-refractivity contribution in [2.75, 3.05) is 13.2 Å². The van der Waals surface area contributed by atoms with Crippen molar-refractivity contribution >= 4 is 0 Å².